The van der Waals surface area contributed by atoms with Gasteiger partial charge >= 0.3 is 29.6 Å². The van der Waals surface area contributed by atoms with Gasteiger partial charge in [0.1, 0.15) is 5.69 Å². The number of H-pyrrole nitrogens is 2. The van der Waals surface area contributed by atoms with Gasteiger partial charge in [0.15, 0.2) is 11.2 Å². The largest absolute Gasteiger partial charge is 1.00 e. The van der Waals surface area contributed by atoms with Gasteiger partial charge in [0.25, 0.3) is 0 Å². The first-order chi connectivity index (χ1) is 17.7. The van der Waals surface area contributed by atoms with Crippen molar-refractivity contribution in [3.63, 3.8) is 0 Å². The molecule has 1 saturated heterocycles. The number of benzene rings is 2. The van der Waals surface area contributed by atoms with Crippen LogP contribution in [-0.4, -0.2) is 46.6 Å². The van der Waals surface area contributed by atoms with Gasteiger partial charge in [0.2, 0.25) is 16.9 Å². The van der Waals surface area contributed by atoms with E-state index in [0.717, 1.165) is 35.5 Å². The summed E-state index contributed by atoms with van der Waals surface area (Å²) in [5.41, 5.74) is 4.64. The number of quaternary nitrogens is 1. The molecule has 4 rings (SSSR count). The van der Waals surface area contributed by atoms with Crippen molar-refractivity contribution in [3.05, 3.63) is 62.1 Å². The molecule has 0 bridgehead atoms. The Morgan fingerprint density at radius 3 is 2.66 bits per heavy atom. The summed E-state index contributed by atoms with van der Waals surface area (Å²) in [7, 11) is 0. The number of carboxylic acids is 1. The summed E-state index contributed by atoms with van der Waals surface area (Å²) in [5, 5.41) is 14.9. The number of hydrogen-bond donors (Lipinski definition) is 3. The first-order valence-electron chi connectivity index (χ1n) is 11.8. The van der Waals surface area contributed by atoms with E-state index in [-0.39, 0.29) is 47.0 Å². The zero-order valence-electron chi connectivity index (χ0n) is 21.4. The molecular weight excluding hydrogens is 555 g/mol. The van der Waals surface area contributed by atoms with Gasteiger partial charge in [-0.2, -0.15) is 4.98 Å². The molecule has 2 atom stereocenters. The average Bonchev–Trinajstić information content (AvgIpc) is 2.79. The normalized spacial score (nSPS) is 18.4. The number of carbonyl (C=O) groups excluding carboxylic acids is 1. The Morgan fingerprint density at radius 1 is 1.29 bits per heavy atom. The van der Waals surface area contributed by atoms with Crippen LogP contribution < -0.4 is 44.5 Å². The number of ether oxygens (including phenoxy) is 1. The van der Waals surface area contributed by atoms with E-state index < -0.39 is 5.97 Å². The van der Waals surface area contributed by atoms with Crippen LogP contribution in [-0.2, 0) is 9.53 Å². The van der Waals surface area contributed by atoms with Crippen molar-refractivity contribution in [2.45, 2.75) is 39.3 Å². The monoisotopic (exact) mass is 581 g/mol. The number of likely N-dealkylation sites (tertiary alicyclic amines) is 1. The molecule has 3 aromatic rings. The second-order valence-electron chi connectivity index (χ2n) is 8.98. The Kier molecular flexibility index (Phi) is 10.6. The first kappa shape index (κ1) is 30.4. The van der Waals surface area contributed by atoms with Gasteiger partial charge in [-0.25, -0.2) is 4.99 Å². The second-order valence-corrected chi connectivity index (χ2v) is 10.2. The minimum absolute atomic E-state index is 0. The summed E-state index contributed by atoms with van der Waals surface area (Å²) in [6, 6.07) is 11.3. The summed E-state index contributed by atoms with van der Waals surface area (Å²) in [5.74, 6) is -0.627. The number of rotatable bonds is 10. The zero-order chi connectivity index (χ0) is 26.6. The molecule has 2 unspecified atom stereocenters. The second kappa shape index (κ2) is 13.3. The number of aryl methyl sites for hydroxylation is 2. The number of halogens is 1. The maximum Gasteiger partial charge on any atom is 1.00 e. The van der Waals surface area contributed by atoms with Crippen LogP contribution in [0.1, 0.15) is 30.4 Å². The number of carbonyl (C=O) groups is 1. The fourth-order valence-electron chi connectivity index (χ4n) is 4.88. The molecule has 1 fully saturated rings. The number of aliphatic carboxylic acids is 1. The standard InChI is InChI=1S/C25H27ClN6O3S2.Na/c1-15-11-17(26)12-16(2)22(15)32(9-4-7-21(33)34)10-8-20(32)35-14-27-18-5-3-6-19(13-18)28-23-29-24(36)31-25(37)30-23;/h3,5-6,11-14,20H,4,7-10H2,1-2H3,(H3-,28,29,30,31,33,34,36,37);/q;+1. The molecule has 1 aliphatic heterocycles. The maximum absolute atomic E-state index is 11.1. The van der Waals surface area contributed by atoms with E-state index in [1.165, 1.54) is 6.40 Å². The van der Waals surface area contributed by atoms with Crippen LogP contribution in [0.3, 0.4) is 0 Å². The molecular formula is C25H27ClN6NaO3S2+. The van der Waals surface area contributed by atoms with Gasteiger partial charge in [-0.05, 0) is 75.0 Å². The molecule has 13 heteroatoms. The Balaban J connectivity index is 0.00000400. The van der Waals surface area contributed by atoms with Crippen molar-refractivity contribution in [2.24, 2.45) is 4.99 Å². The van der Waals surface area contributed by atoms with Gasteiger partial charge in [-0.15, -0.1) is 0 Å². The summed E-state index contributed by atoms with van der Waals surface area (Å²) in [6.07, 6.45) is 2.56. The summed E-state index contributed by atoms with van der Waals surface area (Å²) in [4.78, 5) is 25.4. The average molecular weight is 582 g/mol. The van der Waals surface area contributed by atoms with Crippen molar-refractivity contribution < 1.29 is 44.2 Å². The molecule has 0 radical (unpaired) electrons. The molecule has 0 saturated carbocycles. The number of nitrogens with one attached hydrogen (secondary N) is 3. The van der Waals surface area contributed by atoms with Crippen molar-refractivity contribution in [3.8, 4) is 0 Å². The number of carboxylic acid groups (broad SMARTS) is 1. The van der Waals surface area contributed by atoms with E-state index in [9.17, 15) is 9.90 Å². The van der Waals surface area contributed by atoms with Crippen LogP contribution in [0.15, 0.2) is 41.4 Å². The van der Waals surface area contributed by atoms with Crippen molar-refractivity contribution >= 4 is 71.4 Å². The molecule has 9 nitrogen and oxygen atoms in total. The smallest absolute Gasteiger partial charge is 0.550 e. The topological polar surface area (TPSA) is 118 Å². The summed E-state index contributed by atoms with van der Waals surface area (Å²) in [6.45, 7) is 5.50. The van der Waals surface area contributed by atoms with E-state index in [1.807, 2.05) is 50.2 Å². The molecule has 0 spiro atoms. The number of aromatic nitrogens is 3. The third-order valence-corrected chi connectivity index (χ3v) is 6.98. The van der Waals surface area contributed by atoms with Gasteiger partial charge in [-0.3, -0.25) is 4.48 Å². The van der Waals surface area contributed by atoms with Crippen molar-refractivity contribution in [1.82, 2.24) is 19.4 Å². The van der Waals surface area contributed by atoms with Gasteiger partial charge in [0.05, 0.1) is 25.2 Å². The maximum atomic E-state index is 11.1. The third-order valence-electron chi connectivity index (χ3n) is 6.36. The third kappa shape index (κ3) is 7.29. The van der Waals surface area contributed by atoms with Crippen LogP contribution in [0, 0.1) is 23.4 Å². The first-order valence-corrected chi connectivity index (χ1v) is 13.0. The molecule has 194 valence electrons. The Bertz CT molecular complexity index is 1410. The summed E-state index contributed by atoms with van der Waals surface area (Å²) >= 11 is 16.5. The van der Waals surface area contributed by atoms with E-state index >= 15 is 0 Å². The fourth-order valence-corrected chi connectivity index (χ4v) is 5.66. The van der Waals surface area contributed by atoms with Crippen LogP contribution in [0.25, 0.3) is 0 Å². The van der Waals surface area contributed by atoms with E-state index in [0.29, 0.717) is 38.9 Å². The number of hydrogen-bond acceptors (Lipinski definition) is 8. The number of aromatic amines is 2. The summed E-state index contributed by atoms with van der Waals surface area (Å²) < 4.78 is 7.33. The number of aliphatic imine (C=N–C) groups is 1. The van der Waals surface area contributed by atoms with E-state index in [2.05, 4.69) is 25.3 Å². The predicted molar refractivity (Wildman–Crippen MR) is 149 cm³/mol. The van der Waals surface area contributed by atoms with E-state index in [4.69, 9.17) is 40.8 Å². The molecule has 1 aliphatic rings. The predicted octanol–water partition coefficient (Wildman–Crippen LogP) is 2.16. The van der Waals surface area contributed by atoms with Crippen LogP contribution >= 0.6 is 36.0 Å². The van der Waals surface area contributed by atoms with Crippen LogP contribution in [0.2, 0.25) is 5.02 Å². The fraction of sp³-hybridized carbons (Fsp3) is 0.320. The molecule has 2 heterocycles. The minimum atomic E-state index is -1.05. The quantitative estimate of drug-likeness (QED) is 0.110. The minimum Gasteiger partial charge on any atom is -0.550 e. The van der Waals surface area contributed by atoms with Crippen LogP contribution in [0.4, 0.5) is 23.0 Å². The Morgan fingerprint density at radius 2 is 2.03 bits per heavy atom. The molecule has 0 amide bonds. The number of anilines is 2. The molecule has 1 aromatic heterocycles. The zero-order valence-corrected chi connectivity index (χ0v) is 25.8. The van der Waals surface area contributed by atoms with E-state index in [1.54, 1.807) is 0 Å². The van der Waals surface area contributed by atoms with Crippen molar-refractivity contribution in [1.29, 1.82) is 0 Å². The van der Waals surface area contributed by atoms with Gasteiger partial charge in [-0.1, -0.05) is 17.7 Å². The van der Waals surface area contributed by atoms with Gasteiger partial charge in [0, 0.05) is 34.2 Å². The molecule has 3 N–H and O–H groups in total. The molecule has 0 aliphatic carbocycles. The molecule has 38 heavy (non-hydrogen) atoms. The van der Waals surface area contributed by atoms with Gasteiger partial charge < -0.3 is 29.9 Å². The SMILES string of the molecule is Cc1cc(Cl)cc(C)c1[N+]1(CCCC(=O)[O-])CCC1OC=Nc1cccc(Nc2nc(=S)[nH]c(=S)[nH]2)c1.[Na+]. The Hall–Kier alpha value is -2.12. The van der Waals surface area contributed by atoms with Crippen LogP contribution in [0.5, 0.6) is 0 Å². The van der Waals surface area contributed by atoms with Crippen molar-refractivity contribution in [2.75, 3.05) is 18.4 Å². The Labute approximate surface area is 258 Å². The number of nitrogens with zero attached hydrogens (tertiary/aromatic N) is 3. The molecule has 2 aromatic carbocycles.